The van der Waals surface area contributed by atoms with E-state index in [1.165, 1.54) is 11.1 Å². The maximum absolute atomic E-state index is 5.55. The molecular weight excluding hydrogens is 210 g/mol. The standard InChI is InChI=1S/C15H21NO/c1-3-17-15-11-16(12-15)10-13(2)9-14-7-5-4-6-8-14/h4-9,15H,3,10-12H2,1-2H3/b13-9+. The Morgan fingerprint density at radius 2 is 2.06 bits per heavy atom. The first-order chi connectivity index (χ1) is 8.28. The molecule has 1 heterocycles. The second-order valence-corrected chi connectivity index (χ2v) is 4.67. The average molecular weight is 231 g/mol. The zero-order chi connectivity index (χ0) is 12.1. The fraction of sp³-hybridized carbons (Fsp3) is 0.467. The Kier molecular flexibility index (Phi) is 4.35. The van der Waals surface area contributed by atoms with Gasteiger partial charge >= 0.3 is 0 Å². The monoisotopic (exact) mass is 231 g/mol. The van der Waals surface area contributed by atoms with Crippen molar-refractivity contribution in [2.75, 3.05) is 26.2 Å². The van der Waals surface area contributed by atoms with Crippen LogP contribution in [-0.2, 0) is 4.74 Å². The van der Waals surface area contributed by atoms with Crippen LogP contribution < -0.4 is 0 Å². The molecule has 1 saturated heterocycles. The van der Waals surface area contributed by atoms with Crippen molar-refractivity contribution in [1.82, 2.24) is 4.90 Å². The third-order valence-electron chi connectivity index (χ3n) is 3.01. The predicted octanol–water partition coefficient (Wildman–Crippen LogP) is 2.81. The van der Waals surface area contributed by atoms with Crippen molar-refractivity contribution in [3.8, 4) is 0 Å². The van der Waals surface area contributed by atoms with Gasteiger partial charge in [0.05, 0.1) is 6.10 Å². The number of rotatable bonds is 5. The molecule has 0 N–H and O–H groups in total. The van der Waals surface area contributed by atoms with Gasteiger partial charge in [-0.3, -0.25) is 4.90 Å². The minimum Gasteiger partial charge on any atom is -0.376 e. The summed E-state index contributed by atoms with van der Waals surface area (Å²) in [6, 6.07) is 10.5. The number of hydrogen-bond donors (Lipinski definition) is 0. The second-order valence-electron chi connectivity index (χ2n) is 4.67. The first-order valence-electron chi connectivity index (χ1n) is 6.34. The van der Waals surface area contributed by atoms with Gasteiger partial charge in [0, 0.05) is 26.2 Å². The van der Waals surface area contributed by atoms with Crippen molar-refractivity contribution in [1.29, 1.82) is 0 Å². The van der Waals surface area contributed by atoms with Gasteiger partial charge in [-0.15, -0.1) is 0 Å². The number of hydrogen-bond acceptors (Lipinski definition) is 2. The van der Waals surface area contributed by atoms with Gasteiger partial charge in [-0.05, 0) is 19.4 Å². The first kappa shape index (κ1) is 12.3. The highest BCUT2D eigenvalue weighted by Crippen LogP contribution is 2.15. The quantitative estimate of drug-likeness (QED) is 0.772. The minimum atomic E-state index is 0.463. The van der Waals surface area contributed by atoms with E-state index in [4.69, 9.17) is 4.74 Å². The predicted molar refractivity (Wildman–Crippen MR) is 71.9 cm³/mol. The SMILES string of the molecule is CCOC1CN(C/C(C)=C/c2ccccc2)C1. The average Bonchev–Trinajstić information content (AvgIpc) is 2.27. The molecule has 92 valence electrons. The lowest BCUT2D eigenvalue weighted by Crippen LogP contribution is -2.52. The van der Waals surface area contributed by atoms with Crippen LogP contribution in [0.3, 0.4) is 0 Å². The van der Waals surface area contributed by atoms with Crippen molar-refractivity contribution >= 4 is 6.08 Å². The highest BCUT2D eigenvalue weighted by molar-refractivity contribution is 5.52. The molecular formula is C15H21NO. The summed E-state index contributed by atoms with van der Waals surface area (Å²) in [4.78, 5) is 2.43. The summed E-state index contributed by atoms with van der Waals surface area (Å²) in [5, 5.41) is 0. The number of benzene rings is 1. The molecule has 2 nitrogen and oxygen atoms in total. The van der Waals surface area contributed by atoms with Crippen LogP contribution in [0.25, 0.3) is 6.08 Å². The van der Waals surface area contributed by atoms with Crippen molar-refractivity contribution in [3.63, 3.8) is 0 Å². The molecule has 0 radical (unpaired) electrons. The van der Waals surface area contributed by atoms with E-state index in [1.54, 1.807) is 0 Å². The summed E-state index contributed by atoms with van der Waals surface area (Å²) in [6.45, 7) is 8.29. The molecule has 0 saturated carbocycles. The largest absolute Gasteiger partial charge is 0.376 e. The van der Waals surface area contributed by atoms with E-state index in [0.29, 0.717) is 6.10 Å². The molecule has 2 heteroatoms. The fourth-order valence-corrected chi connectivity index (χ4v) is 2.22. The Balaban J connectivity index is 1.79. The zero-order valence-corrected chi connectivity index (χ0v) is 10.7. The molecule has 0 aliphatic carbocycles. The molecule has 1 aromatic carbocycles. The van der Waals surface area contributed by atoms with Crippen molar-refractivity contribution < 1.29 is 4.74 Å². The molecule has 0 unspecified atom stereocenters. The fourth-order valence-electron chi connectivity index (χ4n) is 2.22. The van der Waals surface area contributed by atoms with Gasteiger partial charge in [0.25, 0.3) is 0 Å². The van der Waals surface area contributed by atoms with Crippen LogP contribution in [0.4, 0.5) is 0 Å². The van der Waals surface area contributed by atoms with Crippen LogP contribution in [0.15, 0.2) is 35.9 Å². The molecule has 1 aliphatic heterocycles. The number of nitrogens with zero attached hydrogens (tertiary/aromatic N) is 1. The zero-order valence-electron chi connectivity index (χ0n) is 10.7. The van der Waals surface area contributed by atoms with E-state index in [9.17, 15) is 0 Å². The molecule has 1 aromatic rings. The van der Waals surface area contributed by atoms with Gasteiger partial charge in [0.2, 0.25) is 0 Å². The van der Waals surface area contributed by atoms with Crippen LogP contribution in [0.2, 0.25) is 0 Å². The van der Waals surface area contributed by atoms with E-state index >= 15 is 0 Å². The maximum atomic E-state index is 5.55. The molecule has 1 aliphatic rings. The van der Waals surface area contributed by atoms with Crippen LogP contribution in [0.5, 0.6) is 0 Å². The summed E-state index contributed by atoms with van der Waals surface area (Å²) in [6.07, 6.45) is 2.72. The van der Waals surface area contributed by atoms with E-state index < -0.39 is 0 Å². The molecule has 0 aromatic heterocycles. The topological polar surface area (TPSA) is 12.5 Å². The Morgan fingerprint density at radius 3 is 2.71 bits per heavy atom. The summed E-state index contributed by atoms with van der Waals surface area (Å²) >= 11 is 0. The van der Waals surface area contributed by atoms with Crippen LogP contribution in [0, 0.1) is 0 Å². The van der Waals surface area contributed by atoms with Gasteiger partial charge in [-0.1, -0.05) is 42.0 Å². The Labute approximate surface area is 104 Å². The van der Waals surface area contributed by atoms with E-state index in [1.807, 2.05) is 0 Å². The van der Waals surface area contributed by atoms with Gasteiger partial charge in [-0.25, -0.2) is 0 Å². The van der Waals surface area contributed by atoms with Gasteiger partial charge in [-0.2, -0.15) is 0 Å². The highest BCUT2D eigenvalue weighted by Gasteiger charge is 2.26. The molecule has 17 heavy (non-hydrogen) atoms. The van der Waals surface area contributed by atoms with Crippen molar-refractivity contribution in [2.45, 2.75) is 20.0 Å². The van der Waals surface area contributed by atoms with E-state index in [-0.39, 0.29) is 0 Å². The van der Waals surface area contributed by atoms with Gasteiger partial charge < -0.3 is 4.74 Å². The lowest BCUT2D eigenvalue weighted by Gasteiger charge is -2.38. The molecule has 0 amide bonds. The lowest BCUT2D eigenvalue weighted by molar-refractivity contribution is -0.0452. The molecule has 1 fully saturated rings. The third-order valence-corrected chi connectivity index (χ3v) is 3.01. The molecule has 0 atom stereocenters. The van der Waals surface area contributed by atoms with Crippen LogP contribution >= 0.6 is 0 Å². The molecule has 0 spiro atoms. The van der Waals surface area contributed by atoms with E-state index in [0.717, 1.165) is 26.2 Å². The van der Waals surface area contributed by atoms with Crippen LogP contribution in [0.1, 0.15) is 19.4 Å². The summed E-state index contributed by atoms with van der Waals surface area (Å²) < 4.78 is 5.55. The molecule has 0 bridgehead atoms. The van der Waals surface area contributed by atoms with Crippen molar-refractivity contribution in [2.24, 2.45) is 0 Å². The number of ether oxygens (including phenoxy) is 1. The minimum absolute atomic E-state index is 0.463. The third kappa shape index (κ3) is 3.69. The Bertz CT molecular complexity index is 366. The second kappa shape index (κ2) is 5.99. The van der Waals surface area contributed by atoms with Gasteiger partial charge in [0.15, 0.2) is 0 Å². The highest BCUT2D eigenvalue weighted by atomic mass is 16.5. The number of likely N-dealkylation sites (tertiary alicyclic amines) is 1. The summed E-state index contributed by atoms with van der Waals surface area (Å²) in [7, 11) is 0. The Morgan fingerprint density at radius 1 is 1.35 bits per heavy atom. The first-order valence-corrected chi connectivity index (χ1v) is 6.34. The van der Waals surface area contributed by atoms with Gasteiger partial charge in [0.1, 0.15) is 0 Å². The molecule has 2 rings (SSSR count). The van der Waals surface area contributed by atoms with Crippen LogP contribution in [-0.4, -0.2) is 37.2 Å². The lowest BCUT2D eigenvalue weighted by atomic mass is 10.1. The normalized spacial score (nSPS) is 18.1. The Hall–Kier alpha value is -1.12. The van der Waals surface area contributed by atoms with Crippen molar-refractivity contribution in [3.05, 3.63) is 41.5 Å². The maximum Gasteiger partial charge on any atom is 0.0828 e. The summed E-state index contributed by atoms with van der Waals surface area (Å²) in [5.74, 6) is 0. The summed E-state index contributed by atoms with van der Waals surface area (Å²) in [5.41, 5.74) is 2.69. The van der Waals surface area contributed by atoms with E-state index in [2.05, 4.69) is 55.2 Å². The smallest absolute Gasteiger partial charge is 0.0828 e.